The molecular formula is C8H8ClNO3. The monoisotopic (exact) mass is 201 g/mol. The number of hydrogen-bond donors (Lipinski definition) is 2. The third-order valence-corrected chi connectivity index (χ3v) is 1.84. The van der Waals surface area contributed by atoms with Gasteiger partial charge in [-0.25, -0.2) is 0 Å². The molecule has 13 heavy (non-hydrogen) atoms. The van der Waals surface area contributed by atoms with Crippen LogP contribution in [0.4, 0.5) is 0 Å². The second-order valence-electron chi connectivity index (χ2n) is 2.60. The quantitative estimate of drug-likeness (QED) is 0.406. The fourth-order valence-corrected chi connectivity index (χ4v) is 1.12. The third-order valence-electron chi connectivity index (χ3n) is 1.63. The van der Waals surface area contributed by atoms with Gasteiger partial charge in [-0.15, -0.1) is 0 Å². The van der Waals surface area contributed by atoms with Gasteiger partial charge < -0.3 is 10.3 Å². The Kier molecular flexibility index (Phi) is 3.08. The molecule has 0 fully saturated rings. The van der Waals surface area contributed by atoms with E-state index in [0.717, 1.165) is 0 Å². The highest BCUT2D eigenvalue weighted by Gasteiger charge is 2.13. The minimum atomic E-state index is -0.154. The first-order valence-corrected chi connectivity index (χ1v) is 3.99. The molecule has 0 saturated heterocycles. The maximum atomic E-state index is 10.8. The average Bonchev–Trinajstić information content (AvgIpc) is 2.09. The number of nitrogens with zero attached hydrogens (tertiary/aromatic N) is 1. The maximum absolute atomic E-state index is 10.8. The van der Waals surface area contributed by atoms with Crippen LogP contribution in [0.3, 0.4) is 0 Å². The Bertz CT molecular complexity index is 317. The zero-order valence-corrected chi connectivity index (χ0v) is 7.45. The van der Waals surface area contributed by atoms with E-state index in [9.17, 15) is 9.90 Å². The van der Waals surface area contributed by atoms with Crippen molar-refractivity contribution in [2.24, 2.45) is 5.16 Å². The lowest BCUT2D eigenvalue weighted by molar-refractivity contribution is -0.114. The van der Waals surface area contributed by atoms with Crippen LogP contribution < -0.4 is 0 Å². The smallest absolute Gasteiger partial charge is 0.163 e. The minimum absolute atomic E-state index is 0.0125. The first-order valence-electron chi connectivity index (χ1n) is 3.62. The standard InChI is InChI=1S/C8H8ClNO3/c9-8(10-13)3-5-1-2-6(11)4-7(5)12/h1-2,12-13H,3-4H2. The van der Waals surface area contributed by atoms with Gasteiger partial charge in [0.2, 0.25) is 0 Å². The molecule has 0 heterocycles. The van der Waals surface area contributed by atoms with Crippen LogP contribution in [0.1, 0.15) is 12.8 Å². The lowest BCUT2D eigenvalue weighted by atomic mass is 10.0. The van der Waals surface area contributed by atoms with E-state index in [2.05, 4.69) is 5.16 Å². The molecule has 0 amide bonds. The number of carbonyl (C=O) groups excluding carboxylic acids is 1. The summed E-state index contributed by atoms with van der Waals surface area (Å²) in [5.74, 6) is -0.174. The Balaban J connectivity index is 2.76. The first kappa shape index (κ1) is 9.80. The summed E-state index contributed by atoms with van der Waals surface area (Å²) < 4.78 is 0. The van der Waals surface area contributed by atoms with Crippen LogP contribution in [0.15, 0.2) is 28.6 Å². The molecule has 1 rings (SSSR count). The van der Waals surface area contributed by atoms with Gasteiger partial charge in [0.15, 0.2) is 5.78 Å². The molecule has 2 N–H and O–H groups in total. The molecule has 5 heteroatoms. The van der Waals surface area contributed by atoms with E-state index < -0.39 is 0 Å². The molecule has 0 bridgehead atoms. The number of allylic oxidation sites excluding steroid dienone is 4. The second kappa shape index (κ2) is 4.09. The summed E-state index contributed by atoms with van der Waals surface area (Å²) in [6, 6.07) is 0. The number of aliphatic hydroxyl groups excluding tert-OH is 1. The summed E-state index contributed by atoms with van der Waals surface area (Å²) in [6.07, 6.45) is 2.94. The van der Waals surface area contributed by atoms with Gasteiger partial charge in [-0.3, -0.25) is 4.79 Å². The number of halogens is 1. The van der Waals surface area contributed by atoms with Crippen LogP contribution in [0.25, 0.3) is 0 Å². The normalized spacial score (nSPS) is 18.2. The molecule has 0 spiro atoms. The van der Waals surface area contributed by atoms with Crippen molar-refractivity contribution in [2.45, 2.75) is 12.8 Å². The van der Waals surface area contributed by atoms with E-state index in [1.165, 1.54) is 12.2 Å². The Morgan fingerprint density at radius 2 is 2.31 bits per heavy atom. The van der Waals surface area contributed by atoms with Crippen molar-refractivity contribution < 1.29 is 15.1 Å². The summed E-state index contributed by atoms with van der Waals surface area (Å²) in [6.45, 7) is 0. The molecule has 0 aromatic heterocycles. The summed E-state index contributed by atoms with van der Waals surface area (Å²) in [4.78, 5) is 10.8. The average molecular weight is 202 g/mol. The molecule has 0 aromatic rings. The third kappa shape index (κ3) is 2.59. The fraction of sp³-hybridized carbons (Fsp3) is 0.250. The van der Waals surface area contributed by atoms with Crippen molar-refractivity contribution >= 4 is 22.6 Å². The zero-order chi connectivity index (χ0) is 9.84. The zero-order valence-electron chi connectivity index (χ0n) is 6.70. The maximum Gasteiger partial charge on any atom is 0.163 e. The van der Waals surface area contributed by atoms with E-state index >= 15 is 0 Å². The summed E-state index contributed by atoms with van der Waals surface area (Å²) in [5.41, 5.74) is 0.502. The molecule has 0 unspecified atom stereocenters. The molecular weight excluding hydrogens is 194 g/mol. The van der Waals surface area contributed by atoms with Crippen molar-refractivity contribution in [1.29, 1.82) is 0 Å². The highest BCUT2D eigenvalue weighted by Crippen LogP contribution is 2.18. The Morgan fingerprint density at radius 1 is 1.62 bits per heavy atom. The van der Waals surface area contributed by atoms with Crippen molar-refractivity contribution in [1.82, 2.24) is 0 Å². The van der Waals surface area contributed by atoms with Crippen LogP contribution in [-0.4, -0.2) is 21.3 Å². The molecule has 1 aliphatic carbocycles. The number of hydrogen-bond acceptors (Lipinski definition) is 4. The van der Waals surface area contributed by atoms with Gasteiger partial charge in [0.25, 0.3) is 0 Å². The van der Waals surface area contributed by atoms with Crippen LogP contribution >= 0.6 is 11.6 Å². The van der Waals surface area contributed by atoms with Gasteiger partial charge in [0, 0.05) is 6.42 Å². The number of rotatable bonds is 2. The number of aliphatic hydroxyl groups is 1. The summed E-state index contributed by atoms with van der Waals surface area (Å²) in [5, 5.41) is 20.3. The number of carbonyl (C=O) groups is 1. The fourth-order valence-electron chi connectivity index (χ4n) is 0.981. The summed E-state index contributed by atoms with van der Waals surface area (Å²) >= 11 is 5.44. The van der Waals surface area contributed by atoms with Crippen molar-refractivity contribution in [2.75, 3.05) is 0 Å². The minimum Gasteiger partial charge on any atom is -0.512 e. The Hall–Kier alpha value is -1.29. The van der Waals surface area contributed by atoms with Crippen molar-refractivity contribution in [3.05, 3.63) is 23.5 Å². The molecule has 70 valence electrons. The topological polar surface area (TPSA) is 69.9 Å². The van der Waals surface area contributed by atoms with E-state index in [4.69, 9.17) is 16.8 Å². The largest absolute Gasteiger partial charge is 0.512 e. The molecule has 0 saturated carbocycles. The predicted molar refractivity (Wildman–Crippen MR) is 48.1 cm³/mol. The lowest BCUT2D eigenvalue weighted by Gasteiger charge is -2.08. The van der Waals surface area contributed by atoms with Crippen LogP contribution in [0, 0.1) is 0 Å². The van der Waals surface area contributed by atoms with Gasteiger partial charge in [0.05, 0.1) is 6.42 Å². The van der Waals surface area contributed by atoms with Crippen molar-refractivity contribution in [3.63, 3.8) is 0 Å². The van der Waals surface area contributed by atoms with Gasteiger partial charge in [-0.1, -0.05) is 22.8 Å². The van der Waals surface area contributed by atoms with E-state index in [1.54, 1.807) is 0 Å². The highest BCUT2D eigenvalue weighted by molar-refractivity contribution is 6.65. The van der Waals surface area contributed by atoms with Gasteiger partial charge in [0.1, 0.15) is 10.9 Å². The molecule has 0 aromatic carbocycles. The highest BCUT2D eigenvalue weighted by atomic mass is 35.5. The van der Waals surface area contributed by atoms with Crippen molar-refractivity contribution in [3.8, 4) is 0 Å². The van der Waals surface area contributed by atoms with E-state index in [0.29, 0.717) is 5.57 Å². The molecule has 0 radical (unpaired) electrons. The van der Waals surface area contributed by atoms with Gasteiger partial charge in [-0.05, 0) is 11.6 Å². The van der Waals surface area contributed by atoms with E-state index in [-0.39, 0.29) is 29.6 Å². The predicted octanol–water partition coefficient (Wildman–Crippen LogP) is 1.74. The first-order chi connectivity index (χ1) is 6.13. The van der Waals surface area contributed by atoms with Crippen LogP contribution in [0.2, 0.25) is 0 Å². The Morgan fingerprint density at radius 3 is 2.85 bits per heavy atom. The van der Waals surface area contributed by atoms with Crippen LogP contribution in [-0.2, 0) is 4.79 Å². The molecule has 0 atom stereocenters. The second-order valence-corrected chi connectivity index (χ2v) is 3.04. The van der Waals surface area contributed by atoms with Gasteiger partial charge >= 0.3 is 0 Å². The van der Waals surface area contributed by atoms with Gasteiger partial charge in [-0.2, -0.15) is 0 Å². The Labute approximate surface area is 79.8 Å². The van der Waals surface area contributed by atoms with Crippen LogP contribution in [0.5, 0.6) is 0 Å². The summed E-state index contributed by atoms with van der Waals surface area (Å²) in [7, 11) is 0. The lowest BCUT2D eigenvalue weighted by Crippen LogP contribution is -2.05. The molecule has 0 aliphatic heterocycles. The molecule has 1 aliphatic rings. The van der Waals surface area contributed by atoms with E-state index in [1.807, 2.05) is 0 Å². The molecule has 4 nitrogen and oxygen atoms in total. The number of oxime groups is 1. The number of ketones is 1. The SMILES string of the molecule is O=C1C=CC(CC(Cl)=NO)=C(O)C1.